The first-order valence-electron chi connectivity index (χ1n) is 6.93. The van der Waals surface area contributed by atoms with E-state index in [0.717, 1.165) is 23.3 Å². The summed E-state index contributed by atoms with van der Waals surface area (Å²) in [5, 5.41) is 3.42. The SMILES string of the molecule is CN(C)c1ccc(CNc2ccc3nccnc3c2)cc1. The van der Waals surface area contributed by atoms with Gasteiger partial charge < -0.3 is 10.2 Å². The summed E-state index contributed by atoms with van der Waals surface area (Å²) in [6.07, 6.45) is 3.42. The number of benzene rings is 2. The van der Waals surface area contributed by atoms with E-state index in [1.165, 1.54) is 11.3 Å². The molecule has 0 aliphatic heterocycles. The van der Waals surface area contributed by atoms with E-state index in [1.54, 1.807) is 12.4 Å². The van der Waals surface area contributed by atoms with Gasteiger partial charge in [-0.3, -0.25) is 9.97 Å². The number of nitrogens with one attached hydrogen (secondary N) is 1. The van der Waals surface area contributed by atoms with Crippen molar-refractivity contribution < 1.29 is 0 Å². The molecule has 3 aromatic rings. The molecule has 2 aromatic carbocycles. The van der Waals surface area contributed by atoms with Gasteiger partial charge in [0.25, 0.3) is 0 Å². The fourth-order valence-corrected chi connectivity index (χ4v) is 2.19. The van der Waals surface area contributed by atoms with E-state index < -0.39 is 0 Å². The molecule has 21 heavy (non-hydrogen) atoms. The Morgan fingerprint density at radius 3 is 2.33 bits per heavy atom. The smallest absolute Gasteiger partial charge is 0.0907 e. The minimum atomic E-state index is 0.791. The van der Waals surface area contributed by atoms with Crippen LogP contribution in [-0.4, -0.2) is 24.1 Å². The first kappa shape index (κ1) is 13.4. The molecule has 0 atom stereocenters. The lowest BCUT2D eigenvalue weighted by atomic mass is 10.2. The molecule has 1 heterocycles. The van der Waals surface area contributed by atoms with Gasteiger partial charge in [-0.05, 0) is 35.9 Å². The van der Waals surface area contributed by atoms with Gasteiger partial charge in [0.1, 0.15) is 0 Å². The first-order valence-corrected chi connectivity index (χ1v) is 6.93. The molecule has 0 unspecified atom stereocenters. The minimum Gasteiger partial charge on any atom is -0.381 e. The summed E-state index contributed by atoms with van der Waals surface area (Å²) in [5.41, 5.74) is 5.34. The Morgan fingerprint density at radius 1 is 0.905 bits per heavy atom. The van der Waals surface area contributed by atoms with Gasteiger partial charge in [-0.25, -0.2) is 0 Å². The second kappa shape index (κ2) is 5.79. The predicted molar refractivity (Wildman–Crippen MR) is 87.6 cm³/mol. The van der Waals surface area contributed by atoms with Crippen molar-refractivity contribution in [3.63, 3.8) is 0 Å². The topological polar surface area (TPSA) is 41.0 Å². The maximum Gasteiger partial charge on any atom is 0.0907 e. The Kier molecular flexibility index (Phi) is 3.69. The van der Waals surface area contributed by atoms with E-state index in [0.29, 0.717) is 0 Å². The van der Waals surface area contributed by atoms with Crippen LogP contribution in [0, 0.1) is 0 Å². The van der Waals surface area contributed by atoms with Gasteiger partial charge >= 0.3 is 0 Å². The Bertz CT molecular complexity index is 735. The van der Waals surface area contributed by atoms with Crippen LogP contribution in [0.1, 0.15) is 5.56 Å². The molecule has 0 amide bonds. The quantitative estimate of drug-likeness (QED) is 0.795. The largest absolute Gasteiger partial charge is 0.381 e. The van der Waals surface area contributed by atoms with Gasteiger partial charge in [0.2, 0.25) is 0 Å². The van der Waals surface area contributed by atoms with Crippen molar-refractivity contribution in [1.82, 2.24) is 9.97 Å². The van der Waals surface area contributed by atoms with Crippen molar-refractivity contribution in [3.8, 4) is 0 Å². The van der Waals surface area contributed by atoms with Crippen LogP contribution in [0.5, 0.6) is 0 Å². The number of hydrogen-bond donors (Lipinski definition) is 1. The molecular weight excluding hydrogens is 260 g/mol. The number of anilines is 2. The summed E-state index contributed by atoms with van der Waals surface area (Å²) in [6.45, 7) is 0.791. The molecule has 4 heteroatoms. The summed E-state index contributed by atoms with van der Waals surface area (Å²) in [6, 6.07) is 14.6. The highest BCUT2D eigenvalue weighted by Crippen LogP contribution is 2.17. The third-order valence-electron chi connectivity index (χ3n) is 3.42. The van der Waals surface area contributed by atoms with Crippen LogP contribution in [0.25, 0.3) is 11.0 Å². The summed E-state index contributed by atoms with van der Waals surface area (Å²) in [7, 11) is 4.09. The number of nitrogens with zero attached hydrogens (tertiary/aromatic N) is 3. The molecule has 0 bridgehead atoms. The fourth-order valence-electron chi connectivity index (χ4n) is 2.19. The lowest BCUT2D eigenvalue weighted by Gasteiger charge is -2.13. The van der Waals surface area contributed by atoms with Crippen LogP contribution in [0.15, 0.2) is 54.9 Å². The molecule has 3 rings (SSSR count). The summed E-state index contributed by atoms with van der Waals surface area (Å²) >= 11 is 0. The standard InChI is InChI=1S/C17H18N4/c1-21(2)15-6-3-13(4-7-15)12-20-14-5-8-16-17(11-14)19-10-9-18-16/h3-11,20H,12H2,1-2H3. The van der Waals surface area contributed by atoms with Gasteiger partial charge in [-0.2, -0.15) is 0 Å². The normalized spacial score (nSPS) is 10.6. The third-order valence-corrected chi connectivity index (χ3v) is 3.42. The Hall–Kier alpha value is -2.62. The van der Waals surface area contributed by atoms with Gasteiger partial charge in [-0.15, -0.1) is 0 Å². The molecule has 4 nitrogen and oxygen atoms in total. The average molecular weight is 278 g/mol. The van der Waals surface area contributed by atoms with Crippen LogP contribution in [0.3, 0.4) is 0 Å². The first-order chi connectivity index (χ1) is 10.2. The molecule has 0 saturated carbocycles. The monoisotopic (exact) mass is 278 g/mol. The average Bonchev–Trinajstić information content (AvgIpc) is 2.53. The van der Waals surface area contributed by atoms with Gasteiger partial charge in [0.05, 0.1) is 11.0 Å². The van der Waals surface area contributed by atoms with Crippen LogP contribution in [0.2, 0.25) is 0 Å². The molecule has 0 saturated heterocycles. The molecule has 0 radical (unpaired) electrons. The van der Waals surface area contributed by atoms with Crippen LogP contribution in [-0.2, 0) is 6.54 Å². The molecule has 1 aromatic heterocycles. The molecule has 0 fully saturated rings. The zero-order valence-electron chi connectivity index (χ0n) is 12.2. The highest BCUT2D eigenvalue weighted by atomic mass is 15.1. The van der Waals surface area contributed by atoms with Crippen molar-refractivity contribution in [3.05, 3.63) is 60.4 Å². The van der Waals surface area contributed by atoms with E-state index >= 15 is 0 Å². The maximum absolute atomic E-state index is 4.32. The predicted octanol–water partition coefficient (Wildman–Crippen LogP) is 3.31. The van der Waals surface area contributed by atoms with Crippen LogP contribution >= 0.6 is 0 Å². The lowest BCUT2D eigenvalue weighted by molar-refractivity contribution is 1.11. The molecule has 0 aliphatic carbocycles. The zero-order valence-corrected chi connectivity index (χ0v) is 12.2. The second-order valence-corrected chi connectivity index (χ2v) is 5.17. The summed E-state index contributed by atoms with van der Waals surface area (Å²) in [4.78, 5) is 10.7. The second-order valence-electron chi connectivity index (χ2n) is 5.17. The van der Waals surface area contributed by atoms with Crippen LogP contribution in [0.4, 0.5) is 11.4 Å². The molecule has 106 valence electrons. The van der Waals surface area contributed by atoms with Crippen molar-refractivity contribution in [2.24, 2.45) is 0 Å². The summed E-state index contributed by atoms with van der Waals surface area (Å²) in [5.74, 6) is 0. The Balaban J connectivity index is 1.71. The van der Waals surface area contributed by atoms with Crippen molar-refractivity contribution >= 4 is 22.4 Å². The van der Waals surface area contributed by atoms with Gasteiger partial charge in [-0.1, -0.05) is 12.1 Å². The Morgan fingerprint density at radius 2 is 1.62 bits per heavy atom. The molecule has 0 aliphatic rings. The lowest BCUT2D eigenvalue weighted by Crippen LogP contribution is -2.08. The number of aromatic nitrogens is 2. The van der Waals surface area contributed by atoms with E-state index in [9.17, 15) is 0 Å². The van der Waals surface area contributed by atoms with Crippen molar-refractivity contribution in [2.75, 3.05) is 24.3 Å². The highest BCUT2D eigenvalue weighted by Gasteiger charge is 1.99. The molecular formula is C17H18N4. The number of hydrogen-bond acceptors (Lipinski definition) is 4. The van der Waals surface area contributed by atoms with Crippen molar-refractivity contribution in [2.45, 2.75) is 6.54 Å². The number of fused-ring (bicyclic) bond motifs is 1. The van der Waals surface area contributed by atoms with Crippen LogP contribution < -0.4 is 10.2 Å². The maximum atomic E-state index is 4.32. The van der Waals surface area contributed by atoms with E-state index in [-0.39, 0.29) is 0 Å². The van der Waals surface area contributed by atoms with Crippen molar-refractivity contribution in [1.29, 1.82) is 0 Å². The summed E-state index contributed by atoms with van der Waals surface area (Å²) < 4.78 is 0. The molecule has 1 N–H and O–H groups in total. The van der Waals surface area contributed by atoms with Gasteiger partial charge in [0, 0.05) is 44.4 Å². The fraction of sp³-hybridized carbons (Fsp3) is 0.176. The Labute approximate surface area is 124 Å². The number of rotatable bonds is 4. The zero-order chi connectivity index (χ0) is 14.7. The highest BCUT2D eigenvalue weighted by molar-refractivity contribution is 5.78. The van der Waals surface area contributed by atoms with E-state index in [4.69, 9.17) is 0 Å². The minimum absolute atomic E-state index is 0.791. The van der Waals surface area contributed by atoms with Gasteiger partial charge in [0.15, 0.2) is 0 Å². The van der Waals surface area contributed by atoms with E-state index in [2.05, 4.69) is 44.5 Å². The third kappa shape index (κ3) is 3.11. The molecule has 0 spiro atoms. The van der Waals surface area contributed by atoms with E-state index in [1.807, 2.05) is 32.3 Å².